The number of phenols is 1. The number of carbonyl (C=O) groups excluding carboxylic acids is 1. The molecular weight excluding hydrogens is 376 g/mol. The third-order valence-corrected chi connectivity index (χ3v) is 5.29. The predicted octanol–water partition coefficient (Wildman–Crippen LogP) is 5.10. The first-order valence-corrected chi connectivity index (χ1v) is 9.93. The van der Waals surface area contributed by atoms with Crippen molar-refractivity contribution in [2.75, 3.05) is 13.7 Å². The molecule has 0 atom stereocenters. The van der Waals surface area contributed by atoms with Crippen LogP contribution < -0.4 is 4.74 Å². The van der Waals surface area contributed by atoms with Crippen molar-refractivity contribution >= 4 is 33.8 Å². The van der Waals surface area contributed by atoms with Crippen LogP contribution in [0.15, 0.2) is 66.7 Å². The monoisotopic (exact) mass is 400 g/mol. The number of methoxy groups -OCH3 is 1. The number of carbonyl (C=O) groups is 1. The summed E-state index contributed by atoms with van der Waals surface area (Å²) in [6.45, 7) is 3.10. The molecule has 0 aliphatic heterocycles. The van der Waals surface area contributed by atoms with Crippen molar-refractivity contribution in [3.8, 4) is 11.5 Å². The van der Waals surface area contributed by atoms with Gasteiger partial charge in [-0.05, 0) is 48.4 Å². The van der Waals surface area contributed by atoms with Gasteiger partial charge in [-0.2, -0.15) is 0 Å². The van der Waals surface area contributed by atoms with Gasteiger partial charge in [0, 0.05) is 41.0 Å². The zero-order chi connectivity index (χ0) is 21.1. The van der Waals surface area contributed by atoms with Crippen LogP contribution in [0.4, 0.5) is 0 Å². The topological polar surface area (TPSA) is 65.6 Å². The Kier molecular flexibility index (Phi) is 5.44. The van der Waals surface area contributed by atoms with Gasteiger partial charge in [-0.1, -0.05) is 36.4 Å². The molecule has 5 heteroatoms. The SMILES string of the molecule is CCN(Cc1cccc2[nH]c3ccccc3c12)C(=O)/C=C/c1ccc(O)c(OC)c1. The van der Waals surface area contributed by atoms with Gasteiger partial charge in [0.2, 0.25) is 5.91 Å². The quantitative estimate of drug-likeness (QED) is 0.443. The second kappa shape index (κ2) is 8.33. The van der Waals surface area contributed by atoms with Crippen molar-refractivity contribution in [3.63, 3.8) is 0 Å². The minimum atomic E-state index is -0.0682. The molecule has 1 heterocycles. The Morgan fingerprint density at radius 1 is 1.10 bits per heavy atom. The lowest BCUT2D eigenvalue weighted by Gasteiger charge is -2.20. The number of amides is 1. The summed E-state index contributed by atoms with van der Waals surface area (Å²) in [6, 6.07) is 19.4. The van der Waals surface area contributed by atoms with Crippen molar-refractivity contribution in [3.05, 3.63) is 77.9 Å². The molecule has 2 N–H and O–H groups in total. The number of phenolic OH excluding ortho intramolecular Hbond substituents is 1. The standard InChI is InChI=1S/C25H24N2O3/c1-3-27(24(29)14-12-17-11-13-22(28)23(15-17)30-2)16-18-7-6-10-21-25(18)19-8-4-5-9-20(19)26-21/h4-15,26,28H,3,16H2,1-2H3/b14-12+. The second-order valence-electron chi connectivity index (χ2n) is 7.13. The van der Waals surface area contributed by atoms with Crippen LogP contribution in [0.25, 0.3) is 27.9 Å². The Morgan fingerprint density at radius 3 is 2.70 bits per heavy atom. The summed E-state index contributed by atoms with van der Waals surface area (Å²) in [6.07, 6.45) is 3.30. The van der Waals surface area contributed by atoms with Crippen LogP contribution in [-0.2, 0) is 11.3 Å². The van der Waals surface area contributed by atoms with Crippen LogP contribution in [0.3, 0.4) is 0 Å². The summed E-state index contributed by atoms with van der Waals surface area (Å²) in [5.74, 6) is 0.382. The van der Waals surface area contributed by atoms with E-state index in [4.69, 9.17) is 4.74 Å². The highest BCUT2D eigenvalue weighted by Crippen LogP contribution is 2.29. The first-order valence-electron chi connectivity index (χ1n) is 9.93. The number of H-pyrrole nitrogens is 1. The number of para-hydroxylation sites is 1. The number of hydrogen-bond donors (Lipinski definition) is 2. The van der Waals surface area contributed by atoms with E-state index in [9.17, 15) is 9.90 Å². The van der Waals surface area contributed by atoms with E-state index in [0.29, 0.717) is 18.8 Å². The lowest BCUT2D eigenvalue weighted by Crippen LogP contribution is -2.28. The Labute approximate surface area is 175 Å². The van der Waals surface area contributed by atoms with E-state index >= 15 is 0 Å². The fourth-order valence-electron chi connectivity index (χ4n) is 3.73. The molecule has 4 rings (SSSR count). The lowest BCUT2D eigenvalue weighted by atomic mass is 10.1. The fraction of sp³-hybridized carbons (Fsp3) is 0.160. The van der Waals surface area contributed by atoms with Crippen LogP contribution in [-0.4, -0.2) is 34.6 Å². The Balaban J connectivity index is 1.60. The Hall–Kier alpha value is -3.73. The number of rotatable bonds is 6. The number of aromatic nitrogens is 1. The first kappa shape index (κ1) is 19.6. The molecule has 1 aromatic heterocycles. The van der Waals surface area contributed by atoms with E-state index in [2.05, 4.69) is 29.2 Å². The van der Waals surface area contributed by atoms with E-state index in [0.717, 1.165) is 27.5 Å². The fourth-order valence-corrected chi connectivity index (χ4v) is 3.73. The van der Waals surface area contributed by atoms with Gasteiger partial charge < -0.3 is 19.7 Å². The molecule has 0 fully saturated rings. The zero-order valence-corrected chi connectivity index (χ0v) is 17.1. The molecule has 5 nitrogen and oxygen atoms in total. The molecule has 0 aliphatic rings. The van der Waals surface area contributed by atoms with Gasteiger partial charge in [-0.25, -0.2) is 0 Å². The number of ether oxygens (including phenoxy) is 1. The molecule has 0 aliphatic carbocycles. The summed E-state index contributed by atoms with van der Waals surface area (Å²) in [5.41, 5.74) is 4.06. The van der Waals surface area contributed by atoms with Crippen molar-refractivity contribution in [2.24, 2.45) is 0 Å². The molecular formula is C25H24N2O3. The van der Waals surface area contributed by atoms with Crippen molar-refractivity contribution in [1.82, 2.24) is 9.88 Å². The van der Waals surface area contributed by atoms with Crippen LogP contribution in [0, 0.1) is 0 Å². The molecule has 3 aromatic carbocycles. The molecule has 0 saturated carbocycles. The number of nitrogens with one attached hydrogen (secondary N) is 1. The number of nitrogens with zero attached hydrogens (tertiary/aromatic N) is 1. The van der Waals surface area contributed by atoms with Crippen molar-refractivity contribution in [1.29, 1.82) is 0 Å². The van der Waals surface area contributed by atoms with Crippen LogP contribution in [0.2, 0.25) is 0 Å². The predicted molar refractivity (Wildman–Crippen MR) is 121 cm³/mol. The number of hydrogen-bond acceptors (Lipinski definition) is 3. The average molecular weight is 400 g/mol. The molecule has 0 unspecified atom stereocenters. The van der Waals surface area contributed by atoms with Gasteiger partial charge in [0.1, 0.15) is 0 Å². The van der Waals surface area contributed by atoms with Gasteiger partial charge in [0.25, 0.3) is 0 Å². The van der Waals surface area contributed by atoms with Gasteiger partial charge in [0.05, 0.1) is 7.11 Å². The molecule has 0 saturated heterocycles. The second-order valence-corrected chi connectivity index (χ2v) is 7.13. The van der Waals surface area contributed by atoms with Crippen molar-refractivity contribution in [2.45, 2.75) is 13.5 Å². The minimum Gasteiger partial charge on any atom is -0.504 e. The summed E-state index contributed by atoms with van der Waals surface area (Å²) in [7, 11) is 1.50. The number of likely N-dealkylation sites (N-methyl/N-ethyl adjacent to an activating group) is 1. The molecule has 30 heavy (non-hydrogen) atoms. The average Bonchev–Trinajstić information content (AvgIpc) is 3.16. The van der Waals surface area contributed by atoms with Gasteiger partial charge >= 0.3 is 0 Å². The third-order valence-electron chi connectivity index (χ3n) is 5.29. The zero-order valence-electron chi connectivity index (χ0n) is 17.1. The highest BCUT2D eigenvalue weighted by Gasteiger charge is 2.14. The number of aromatic hydroxyl groups is 1. The normalized spacial score (nSPS) is 11.4. The van der Waals surface area contributed by atoms with E-state index in [1.54, 1.807) is 30.4 Å². The van der Waals surface area contributed by atoms with E-state index in [1.807, 2.05) is 30.0 Å². The van der Waals surface area contributed by atoms with Gasteiger partial charge in [0.15, 0.2) is 11.5 Å². The molecule has 4 aromatic rings. The number of fused-ring (bicyclic) bond motifs is 3. The summed E-state index contributed by atoms with van der Waals surface area (Å²) >= 11 is 0. The van der Waals surface area contributed by atoms with Crippen LogP contribution >= 0.6 is 0 Å². The minimum absolute atomic E-state index is 0.0682. The molecule has 0 spiro atoms. The van der Waals surface area contributed by atoms with Gasteiger partial charge in [-0.15, -0.1) is 0 Å². The van der Waals surface area contributed by atoms with Crippen LogP contribution in [0.1, 0.15) is 18.1 Å². The van der Waals surface area contributed by atoms with Crippen molar-refractivity contribution < 1.29 is 14.6 Å². The lowest BCUT2D eigenvalue weighted by molar-refractivity contribution is -0.126. The number of aromatic amines is 1. The highest BCUT2D eigenvalue weighted by atomic mass is 16.5. The third kappa shape index (κ3) is 3.74. The maximum absolute atomic E-state index is 12.9. The smallest absolute Gasteiger partial charge is 0.246 e. The number of benzene rings is 3. The van der Waals surface area contributed by atoms with Gasteiger partial charge in [-0.3, -0.25) is 4.79 Å². The molecule has 0 radical (unpaired) electrons. The van der Waals surface area contributed by atoms with E-state index < -0.39 is 0 Å². The largest absolute Gasteiger partial charge is 0.504 e. The Morgan fingerprint density at radius 2 is 1.90 bits per heavy atom. The molecule has 152 valence electrons. The summed E-state index contributed by atoms with van der Waals surface area (Å²) in [4.78, 5) is 18.1. The Bertz CT molecular complexity index is 1240. The maximum atomic E-state index is 12.9. The van der Waals surface area contributed by atoms with E-state index in [-0.39, 0.29) is 11.7 Å². The highest BCUT2D eigenvalue weighted by molar-refractivity contribution is 6.09. The maximum Gasteiger partial charge on any atom is 0.246 e. The van der Waals surface area contributed by atoms with E-state index in [1.165, 1.54) is 12.5 Å². The first-order chi connectivity index (χ1) is 14.6. The molecule has 0 bridgehead atoms. The summed E-state index contributed by atoms with van der Waals surface area (Å²) < 4.78 is 5.13. The molecule has 1 amide bonds. The van der Waals surface area contributed by atoms with Crippen LogP contribution in [0.5, 0.6) is 11.5 Å². The summed E-state index contributed by atoms with van der Waals surface area (Å²) in [5, 5.41) is 12.0.